The van der Waals surface area contributed by atoms with Crippen molar-refractivity contribution >= 4 is 5.91 Å². The molecule has 1 aromatic heterocycles. The van der Waals surface area contributed by atoms with Crippen molar-refractivity contribution in [1.29, 1.82) is 0 Å². The molecule has 6 heteroatoms. The second-order valence-corrected chi connectivity index (χ2v) is 5.62. The van der Waals surface area contributed by atoms with E-state index in [1.807, 2.05) is 36.1 Å². The van der Waals surface area contributed by atoms with Gasteiger partial charge in [-0.15, -0.1) is 0 Å². The minimum Gasteiger partial charge on any atom is -0.485 e. The fourth-order valence-corrected chi connectivity index (χ4v) is 2.97. The van der Waals surface area contributed by atoms with Gasteiger partial charge in [-0.05, 0) is 19.1 Å². The lowest BCUT2D eigenvalue weighted by Gasteiger charge is -2.32. The Morgan fingerprint density at radius 1 is 1.36 bits per heavy atom. The first-order chi connectivity index (χ1) is 10.7. The second-order valence-electron chi connectivity index (χ2n) is 5.62. The first kappa shape index (κ1) is 13.2. The van der Waals surface area contributed by atoms with Crippen LogP contribution in [0.1, 0.15) is 17.2 Å². The molecule has 4 rings (SSSR count). The van der Waals surface area contributed by atoms with Gasteiger partial charge in [0.05, 0.1) is 17.9 Å². The minimum atomic E-state index is -0.583. The summed E-state index contributed by atoms with van der Waals surface area (Å²) in [5, 5.41) is 0. The number of imidazole rings is 1. The van der Waals surface area contributed by atoms with Crippen molar-refractivity contribution in [1.82, 2.24) is 14.9 Å². The van der Waals surface area contributed by atoms with Crippen molar-refractivity contribution in [2.24, 2.45) is 0 Å². The maximum atomic E-state index is 12.7. The van der Waals surface area contributed by atoms with Crippen LogP contribution in [0, 0.1) is 6.92 Å². The Bertz CT molecular complexity index is 725. The van der Waals surface area contributed by atoms with Gasteiger partial charge >= 0.3 is 0 Å². The molecule has 1 atom stereocenters. The molecule has 0 bridgehead atoms. The summed E-state index contributed by atoms with van der Waals surface area (Å²) in [5.41, 5.74) is 2.09. The van der Waals surface area contributed by atoms with E-state index in [1.54, 1.807) is 0 Å². The highest BCUT2D eigenvalue weighted by Gasteiger charge is 2.33. The molecule has 1 aromatic carbocycles. The molecule has 2 aliphatic rings. The van der Waals surface area contributed by atoms with Crippen LogP contribution in [0.4, 0.5) is 0 Å². The van der Waals surface area contributed by atoms with Crippen LogP contribution in [0.25, 0.3) is 0 Å². The zero-order valence-electron chi connectivity index (χ0n) is 12.3. The van der Waals surface area contributed by atoms with Gasteiger partial charge in [-0.3, -0.25) is 4.79 Å². The van der Waals surface area contributed by atoms with Crippen LogP contribution in [0.2, 0.25) is 0 Å². The largest absolute Gasteiger partial charge is 0.485 e. The minimum absolute atomic E-state index is 0.0348. The number of amides is 1. The molecule has 0 fully saturated rings. The first-order valence-electron chi connectivity index (χ1n) is 7.42. The van der Waals surface area contributed by atoms with Crippen LogP contribution < -0.4 is 9.47 Å². The highest BCUT2D eigenvalue weighted by molar-refractivity contribution is 5.82. The van der Waals surface area contributed by atoms with Crippen LogP contribution >= 0.6 is 0 Å². The molecule has 0 saturated carbocycles. The van der Waals surface area contributed by atoms with Crippen LogP contribution in [-0.2, 0) is 17.8 Å². The quantitative estimate of drug-likeness (QED) is 0.865. The third-order valence-corrected chi connectivity index (χ3v) is 4.05. The third kappa shape index (κ3) is 2.20. The van der Waals surface area contributed by atoms with Crippen molar-refractivity contribution in [3.05, 3.63) is 41.5 Å². The summed E-state index contributed by atoms with van der Waals surface area (Å²) < 4.78 is 11.4. The Balaban J connectivity index is 1.49. The average Bonchev–Trinajstić information content (AvgIpc) is 2.92. The highest BCUT2D eigenvalue weighted by atomic mass is 16.6. The molecule has 0 aliphatic carbocycles. The van der Waals surface area contributed by atoms with Crippen molar-refractivity contribution in [3.8, 4) is 11.5 Å². The number of aryl methyl sites for hydroxylation is 1. The molecular weight excluding hydrogens is 282 g/mol. The molecule has 3 heterocycles. The van der Waals surface area contributed by atoms with Gasteiger partial charge in [0.15, 0.2) is 11.5 Å². The highest BCUT2D eigenvalue weighted by Crippen LogP contribution is 2.31. The number of para-hydroxylation sites is 2. The first-order valence-corrected chi connectivity index (χ1v) is 7.42. The van der Waals surface area contributed by atoms with Crippen molar-refractivity contribution in [2.45, 2.75) is 26.0 Å². The van der Waals surface area contributed by atoms with E-state index in [9.17, 15) is 4.79 Å². The molecule has 0 saturated heterocycles. The molecule has 2 aromatic rings. The summed E-state index contributed by atoms with van der Waals surface area (Å²) in [4.78, 5) is 22.1. The number of benzene rings is 1. The van der Waals surface area contributed by atoms with Crippen molar-refractivity contribution in [2.75, 3.05) is 13.2 Å². The summed E-state index contributed by atoms with van der Waals surface area (Å²) in [6.07, 6.45) is 0.190. The van der Waals surface area contributed by atoms with Gasteiger partial charge in [-0.25, -0.2) is 4.98 Å². The molecule has 2 aliphatic heterocycles. The van der Waals surface area contributed by atoms with Gasteiger partial charge in [0, 0.05) is 13.0 Å². The molecular formula is C16H17N3O3. The summed E-state index contributed by atoms with van der Waals surface area (Å²) in [5.74, 6) is 2.18. The monoisotopic (exact) mass is 299 g/mol. The van der Waals surface area contributed by atoms with Crippen molar-refractivity contribution < 1.29 is 14.3 Å². The number of fused-ring (bicyclic) bond motifs is 2. The number of nitrogens with zero attached hydrogens (tertiary/aromatic N) is 2. The molecule has 0 spiro atoms. The summed E-state index contributed by atoms with van der Waals surface area (Å²) in [6, 6.07) is 7.42. The predicted octanol–water partition coefficient (Wildman–Crippen LogP) is 1.44. The van der Waals surface area contributed by atoms with Gasteiger partial charge in [-0.1, -0.05) is 12.1 Å². The number of aromatic nitrogens is 2. The number of ether oxygens (including phenoxy) is 2. The Hall–Kier alpha value is -2.50. The Kier molecular flexibility index (Phi) is 3.03. The molecule has 1 N–H and O–H groups in total. The van der Waals surface area contributed by atoms with Gasteiger partial charge in [0.25, 0.3) is 5.91 Å². The van der Waals surface area contributed by atoms with E-state index in [1.165, 1.54) is 0 Å². The SMILES string of the molecule is Cc1nc2c([nH]1)CN(C(=O)[C@@H]1COc3ccccc3O1)CC2. The lowest BCUT2D eigenvalue weighted by molar-refractivity contribution is -0.142. The standard InChI is InChI=1S/C16H17N3O3/c1-10-17-11-6-7-19(8-12(11)18-10)16(20)15-9-21-13-4-2-3-5-14(13)22-15/h2-5,15H,6-9H2,1H3,(H,17,18)/t15-/m0/s1. The van der Waals surface area contributed by atoms with E-state index in [-0.39, 0.29) is 12.5 Å². The molecule has 0 unspecified atom stereocenters. The topological polar surface area (TPSA) is 67.5 Å². The molecule has 1 amide bonds. The van der Waals surface area contributed by atoms with Crippen LogP contribution in [0.3, 0.4) is 0 Å². The Morgan fingerprint density at radius 2 is 2.18 bits per heavy atom. The van der Waals surface area contributed by atoms with E-state index in [0.717, 1.165) is 23.6 Å². The lowest BCUT2D eigenvalue weighted by atomic mass is 10.1. The summed E-state index contributed by atoms with van der Waals surface area (Å²) in [6.45, 7) is 3.40. The number of hydrogen-bond donors (Lipinski definition) is 1. The van der Waals surface area contributed by atoms with Crippen molar-refractivity contribution in [3.63, 3.8) is 0 Å². The summed E-state index contributed by atoms with van der Waals surface area (Å²) in [7, 11) is 0. The normalized spacial score (nSPS) is 19.7. The maximum Gasteiger partial charge on any atom is 0.267 e. The number of carbonyl (C=O) groups is 1. The fraction of sp³-hybridized carbons (Fsp3) is 0.375. The number of carbonyl (C=O) groups excluding carboxylic acids is 1. The summed E-state index contributed by atoms with van der Waals surface area (Å²) >= 11 is 0. The van der Waals surface area contributed by atoms with Gasteiger partial charge in [0.1, 0.15) is 12.4 Å². The van der Waals surface area contributed by atoms with Crippen LogP contribution in [0.15, 0.2) is 24.3 Å². The third-order valence-electron chi connectivity index (χ3n) is 4.05. The van der Waals surface area contributed by atoms with Crippen LogP contribution in [-0.4, -0.2) is 40.0 Å². The molecule has 114 valence electrons. The van der Waals surface area contributed by atoms with Gasteiger partial charge < -0.3 is 19.4 Å². The Morgan fingerprint density at radius 3 is 3.05 bits per heavy atom. The lowest BCUT2D eigenvalue weighted by Crippen LogP contribution is -2.48. The molecule has 0 radical (unpaired) electrons. The molecule has 6 nitrogen and oxygen atoms in total. The van der Waals surface area contributed by atoms with Gasteiger partial charge in [-0.2, -0.15) is 0 Å². The Labute approximate surface area is 128 Å². The van der Waals surface area contributed by atoms with E-state index in [4.69, 9.17) is 9.47 Å². The zero-order valence-corrected chi connectivity index (χ0v) is 12.3. The number of rotatable bonds is 1. The van der Waals surface area contributed by atoms with Gasteiger partial charge in [0.2, 0.25) is 6.10 Å². The number of nitrogens with one attached hydrogen (secondary N) is 1. The van der Waals surface area contributed by atoms with E-state index in [2.05, 4.69) is 9.97 Å². The number of aromatic amines is 1. The second kappa shape index (κ2) is 5.05. The molecule has 22 heavy (non-hydrogen) atoms. The average molecular weight is 299 g/mol. The smallest absolute Gasteiger partial charge is 0.267 e. The fourth-order valence-electron chi connectivity index (χ4n) is 2.97. The van der Waals surface area contributed by atoms with E-state index >= 15 is 0 Å². The van der Waals surface area contributed by atoms with E-state index in [0.29, 0.717) is 24.6 Å². The zero-order chi connectivity index (χ0) is 15.1. The van der Waals surface area contributed by atoms with E-state index < -0.39 is 6.10 Å². The predicted molar refractivity (Wildman–Crippen MR) is 78.8 cm³/mol. The maximum absolute atomic E-state index is 12.7. The number of H-pyrrole nitrogens is 1. The van der Waals surface area contributed by atoms with Crippen LogP contribution in [0.5, 0.6) is 11.5 Å². The number of hydrogen-bond acceptors (Lipinski definition) is 4.